The molecule has 0 aromatic heterocycles. The summed E-state index contributed by atoms with van der Waals surface area (Å²) in [7, 11) is 0. The number of fused-ring (bicyclic) bond motifs is 1. The van der Waals surface area contributed by atoms with Gasteiger partial charge in [-0.05, 0) is 18.2 Å². The third-order valence-corrected chi connectivity index (χ3v) is 2.63. The first-order chi connectivity index (χ1) is 7.93. The zero-order chi connectivity index (χ0) is 10.8. The number of hydrogen-bond acceptors (Lipinski definition) is 3. The van der Waals surface area contributed by atoms with Crippen molar-refractivity contribution in [3.8, 4) is 0 Å². The van der Waals surface area contributed by atoms with Gasteiger partial charge in [-0.25, -0.2) is 5.01 Å². The van der Waals surface area contributed by atoms with Crippen LogP contribution in [0.2, 0.25) is 0 Å². The van der Waals surface area contributed by atoms with Gasteiger partial charge in [0.1, 0.15) is 0 Å². The third-order valence-electron chi connectivity index (χ3n) is 2.63. The highest BCUT2D eigenvalue weighted by atomic mass is 15.6. The van der Waals surface area contributed by atoms with Crippen LogP contribution in [0.1, 0.15) is 5.56 Å². The third kappa shape index (κ3) is 1.56. The van der Waals surface area contributed by atoms with Crippen LogP contribution in [0.5, 0.6) is 0 Å². The molecule has 0 amide bonds. The summed E-state index contributed by atoms with van der Waals surface area (Å²) >= 11 is 0. The fourth-order valence-corrected chi connectivity index (χ4v) is 1.78. The fourth-order valence-electron chi connectivity index (χ4n) is 1.78. The molecule has 1 heterocycles. The largest absolute Gasteiger partial charge is 0.242 e. The van der Waals surface area contributed by atoms with Crippen molar-refractivity contribution >= 4 is 11.4 Å². The lowest BCUT2D eigenvalue weighted by Crippen LogP contribution is -2.17. The average molecular weight is 209 g/mol. The van der Waals surface area contributed by atoms with Gasteiger partial charge in [-0.2, -0.15) is 0 Å². The zero-order valence-electron chi connectivity index (χ0n) is 8.74. The zero-order valence-corrected chi connectivity index (χ0v) is 8.74. The molecular formula is C13H11N3. The minimum Gasteiger partial charge on any atom is -0.242 e. The van der Waals surface area contributed by atoms with E-state index in [1.165, 1.54) is 5.56 Å². The van der Waals surface area contributed by atoms with Crippen LogP contribution in [0.3, 0.4) is 0 Å². The van der Waals surface area contributed by atoms with Gasteiger partial charge in [-0.15, -0.1) is 5.11 Å². The number of benzene rings is 2. The molecule has 0 aliphatic carbocycles. The highest BCUT2D eigenvalue weighted by molar-refractivity contribution is 5.52. The Kier molecular flexibility index (Phi) is 2.14. The minimum atomic E-state index is 0.781. The van der Waals surface area contributed by atoms with Crippen molar-refractivity contribution in [1.29, 1.82) is 0 Å². The summed E-state index contributed by atoms with van der Waals surface area (Å²) in [5.74, 6) is 0. The van der Waals surface area contributed by atoms with E-state index >= 15 is 0 Å². The molecule has 16 heavy (non-hydrogen) atoms. The summed E-state index contributed by atoms with van der Waals surface area (Å²) in [5, 5.41) is 10.3. The second-order valence-corrected chi connectivity index (χ2v) is 3.71. The lowest BCUT2D eigenvalue weighted by Gasteiger charge is -2.21. The van der Waals surface area contributed by atoms with Gasteiger partial charge in [0.05, 0.1) is 17.9 Å². The van der Waals surface area contributed by atoms with Gasteiger partial charge in [0, 0.05) is 5.56 Å². The predicted octanol–water partition coefficient (Wildman–Crippen LogP) is 3.71. The van der Waals surface area contributed by atoms with Crippen molar-refractivity contribution in [2.75, 3.05) is 5.01 Å². The molecule has 0 radical (unpaired) electrons. The standard InChI is InChI=1S/C13H11N3/c1-2-7-12(8-3-1)16-10-11-6-4-5-9-13(11)14-15-16/h1-9H,10H2. The van der Waals surface area contributed by atoms with E-state index in [0.29, 0.717) is 0 Å². The predicted molar refractivity (Wildman–Crippen MR) is 63.6 cm³/mol. The van der Waals surface area contributed by atoms with E-state index < -0.39 is 0 Å². The van der Waals surface area contributed by atoms with Crippen LogP contribution in [0.25, 0.3) is 0 Å². The van der Waals surface area contributed by atoms with Crippen molar-refractivity contribution in [3.63, 3.8) is 0 Å². The van der Waals surface area contributed by atoms with E-state index in [9.17, 15) is 0 Å². The maximum atomic E-state index is 4.20. The van der Waals surface area contributed by atoms with Gasteiger partial charge in [-0.3, -0.25) is 0 Å². The molecule has 0 fully saturated rings. The van der Waals surface area contributed by atoms with Crippen LogP contribution >= 0.6 is 0 Å². The van der Waals surface area contributed by atoms with E-state index in [1.54, 1.807) is 0 Å². The summed E-state index contributed by atoms with van der Waals surface area (Å²) in [6, 6.07) is 18.2. The summed E-state index contributed by atoms with van der Waals surface area (Å²) in [6.45, 7) is 0.781. The number of anilines is 1. The van der Waals surface area contributed by atoms with Gasteiger partial charge < -0.3 is 0 Å². The Morgan fingerprint density at radius 3 is 2.50 bits per heavy atom. The van der Waals surface area contributed by atoms with Crippen molar-refractivity contribution in [2.24, 2.45) is 10.3 Å². The quantitative estimate of drug-likeness (QED) is 0.703. The Bertz CT molecular complexity index is 520. The molecule has 0 saturated carbocycles. The molecule has 1 aliphatic rings. The summed E-state index contributed by atoms with van der Waals surface area (Å²) in [5.41, 5.74) is 3.25. The second kappa shape index (κ2) is 3.77. The van der Waals surface area contributed by atoms with Gasteiger partial charge in [0.2, 0.25) is 0 Å². The Labute approximate surface area is 94.0 Å². The highest BCUT2D eigenvalue weighted by Crippen LogP contribution is 2.28. The highest BCUT2D eigenvalue weighted by Gasteiger charge is 2.13. The fraction of sp³-hybridized carbons (Fsp3) is 0.0769. The number of nitrogens with zero attached hydrogens (tertiary/aromatic N) is 3. The number of rotatable bonds is 1. The number of para-hydroxylation sites is 1. The Balaban J connectivity index is 1.95. The first-order valence-electron chi connectivity index (χ1n) is 5.26. The van der Waals surface area contributed by atoms with E-state index in [4.69, 9.17) is 0 Å². The molecule has 3 nitrogen and oxygen atoms in total. The van der Waals surface area contributed by atoms with Crippen LogP contribution in [-0.2, 0) is 6.54 Å². The average Bonchev–Trinajstić information content (AvgIpc) is 2.39. The lowest BCUT2D eigenvalue weighted by atomic mass is 10.1. The van der Waals surface area contributed by atoms with E-state index in [0.717, 1.165) is 17.9 Å². The molecule has 3 heteroatoms. The molecule has 0 atom stereocenters. The Hall–Kier alpha value is -2.16. The van der Waals surface area contributed by atoms with Crippen molar-refractivity contribution in [2.45, 2.75) is 6.54 Å². The first-order valence-corrected chi connectivity index (χ1v) is 5.26. The minimum absolute atomic E-state index is 0.781. The SMILES string of the molecule is c1ccc(N2Cc3ccccc3N=N2)cc1. The molecule has 0 spiro atoms. The molecule has 3 rings (SSSR count). The lowest BCUT2D eigenvalue weighted by molar-refractivity contribution is 0.773. The molecule has 0 unspecified atom stereocenters. The second-order valence-electron chi connectivity index (χ2n) is 3.71. The smallest absolute Gasteiger partial charge is 0.0925 e. The summed E-state index contributed by atoms with van der Waals surface area (Å²) < 4.78 is 0. The van der Waals surface area contributed by atoms with Gasteiger partial charge in [0.15, 0.2) is 0 Å². The van der Waals surface area contributed by atoms with Crippen molar-refractivity contribution < 1.29 is 0 Å². The van der Waals surface area contributed by atoms with Crippen LogP contribution in [-0.4, -0.2) is 0 Å². The molecule has 0 bridgehead atoms. The molecule has 2 aromatic carbocycles. The van der Waals surface area contributed by atoms with Crippen LogP contribution in [0, 0.1) is 0 Å². The van der Waals surface area contributed by atoms with Crippen LogP contribution < -0.4 is 5.01 Å². The first kappa shape index (κ1) is 9.09. The van der Waals surface area contributed by atoms with E-state index in [-0.39, 0.29) is 0 Å². The van der Waals surface area contributed by atoms with Crippen LogP contribution in [0.15, 0.2) is 64.9 Å². The van der Waals surface area contributed by atoms with Crippen molar-refractivity contribution in [1.82, 2.24) is 0 Å². The monoisotopic (exact) mass is 209 g/mol. The Morgan fingerprint density at radius 1 is 0.875 bits per heavy atom. The van der Waals surface area contributed by atoms with E-state index in [1.807, 2.05) is 53.5 Å². The molecule has 2 aromatic rings. The maximum absolute atomic E-state index is 4.20. The van der Waals surface area contributed by atoms with Gasteiger partial charge in [-0.1, -0.05) is 41.6 Å². The van der Waals surface area contributed by atoms with E-state index in [2.05, 4.69) is 16.4 Å². The topological polar surface area (TPSA) is 28.0 Å². The maximum Gasteiger partial charge on any atom is 0.0925 e. The normalized spacial score (nSPS) is 13.6. The number of hydrogen-bond donors (Lipinski definition) is 0. The molecule has 0 saturated heterocycles. The summed E-state index contributed by atoms with van der Waals surface area (Å²) in [6.07, 6.45) is 0. The summed E-state index contributed by atoms with van der Waals surface area (Å²) in [4.78, 5) is 0. The molecule has 1 aliphatic heterocycles. The van der Waals surface area contributed by atoms with Gasteiger partial charge in [0.25, 0.3) is 0 Å². The molecule has 78 valence electrons. The molecule has 0 N–H and O–H groups in total. The Morgan fingerprint density at radius 2 is 1.62 bits per heavy atom. The van der Waals surface area contributed by atoms with Crippen LogP contribution in [0.4, 0.5) is 11.4 Å². The van der Waals surface area contributed by atoms with Crippen molar-refractivity contribution in [3.05, 3.63) is 60.2 Å². The van der Waals surface area contributed by atoms with Gasteiger partial charge >= 0.3 is 0 Å². The molecular weight excluding hydrogens is 198 g/mol.